The lowest BCUT2D eigenvalue weighted by molar-refractivity contribution is -0.149. The number of carbonyl (C=O) groups is 1. The third-order valence-corrected chi connectivity index (χ3v) is 3.97. The lowest BCUT2D eigenvalue weighted by atomic mass is 10.00. The van der Waals surface area contributed by atoms with Crippen molar-refractivity contribution in [1.29, 1.82) is 0 Å². The Kier molecular flexibility index (Phi) is 6.09. The molecule has 1 rings (SSSR count). The summed E-state index contributed by atoms with van der Waals surface area (Å²) in [7, 11) is 1.46. The van der Waals surface area contributed by atoms with Crippen LogP contribution in [-0.4, -0.2) is 49.2 Å². The number of ether oxygens (including phenoxy) is 1. The molecule has 1 fully saturated rings. The molecule has 0 aromatic heterocycles. The summed E-state index contributed by atoms with van der Waals surface area (Å²) < 4.78 is 4.95. The van der Waals surface area contributed by atoms with Crippen molar-refractivity contribution < 1.29 is 9.53 Å². The summed E-state index contributed by atoms with van der Waals surface area (Å²) in [5.74, 6) is -0.166. The number of nitrogens with one attached hydrogen (secondary N) is 1. The zero-order valence-electron chi connectivity index (χ0n) is 12.3. The smallest absolute Gasteiger partial charge is 0.327 e. The highest BCUT2D eigenvalue weighted by Crippen LogP contribution is 2.25. The van der Waals surface area contributed by atoms with E-state index in [1.165, 1.54) is 32.8 Å². The molecule has 0 aromatic carbocycles. The zero-order chi connectivity index (χ0) is 13.6. The van der Waals surface area contributed by atoms with Crippen molar-refractivity contribution >= 4 is 5.97 Å². The van der Waals surface area contributed by atoms with E-state index in [1.807, 2.05) is 13.8 Å². The van der Waals surface area contributed by atoms with Gasteiger partial charge in [-0.05, 0) is 32.9 Å². The van der Waals surface area contributed by atoms with Crippen molar-refractivity contribution in [1.82, 2.24) is 10.2 Å². The van der Waals surface area contributed by atoms with Crippen LogP contribution in [-0.2, 0) is 9.53 Å². The molecule has 1 unspecified atom stereocenters. The Morgan fingerprint density at radius 2 is 2.00 bits per heavy atom. The molecule has 0 amide bonds. The molecule has 4 nitrogen and oxygen atoms in total. The van der Waals surface area contributed by atoms with Crippen LogP contribution in [0.3, 0.4) is 0 Å². The Morgan fingerprint density at radius 3 is 2.44 bits per heavy atom. The van der Waals surface area contributed by atoms with E-state index in [0.29, 0.717) is 6.04 Å². The fraction of sp³-hybridized carbons (Fsp3) is 0.929. The Balaban J connectivity index is 2.70. The van der Waals surface area contributed by atoms with E-state index in [9.17, 15) is 4.79 Å². The normalized spacial score (nSPS) is 20.1. The van der Waals surface area contributed by atoms with Gasteiger partial charge in [0.05, 0.1) is 7.11 Å². The van der Waals surface area contributed by atoms with Crippen LogP contribution in [0.4, 0.5) is 0 Å². The third kappa shape index (κ3) is 3.69. The SMILES string of the molecule is CCNC(C)(CN(CC)C1CCCC1)C(=O)OC. The number of hydrogen-bond acceptors (Lipinski definition) is 4. The minimum atomic E-state index is -0.595. The van der Waals surface area contributed by atoms with Gasteiger partial charge >= 0.3 is 5.97 Å². The van der Waals surface area contributed by atoms with Crippen molar-refractivity contribution in [3.05, 3.63) is 0 Å². The number of rotatable bonds is 7. The lowest BCUT2D eigenvalue weighted by Gasteiger charge is -2.36. The average molecular weight is 256 g/mol. The van der Waals surface area contributed by atoms with Gasteiger partial charge in [-0.3, -0.25) is 9.69 Å². The van der Waals surface area contributed by atoms with Crippen LogP contribution in [0.25, 0.3) is 0 Å². The molecule has 106 valence electrons. The van der Waals surface area contributed by atoms with Crippen LogP contribution in [0.15, 0.2) is 0 Å². The molecule has 0 aliphatic heterocycles. The first-order valence-corrected chi connectivity index (χ1v) is 7.14. The van der Waals surface area contributed by atoms with Crippen molar-refractivity contribution in [2.24, 2.45) is 0 Å². The van der Waals surface area contributed by atoms with Gasteiger partial charge < -0.3 is 10.1 Å². The van der Waals surface area contributed by atoms with Gasteiger partial charge in [-0.2, -0.15) is 0 Å². The van der Waals surface area contributed by atoms with E-state index in [0.717, 1.165) is 19.6 Å². The second-order valence-electron chi connectivity index (χ2n) is 5.36. The van der Waals surface area contributed by atoms with Gasteiger partial charge in [0.2, 0.25) is 0 Å². The summed E-state index contributed by atoms with van der Waals surface area (Å²) in [6.07, 6.45) is 5.16. The summed E-state index contributed by atoms with van der Waals surface area (Å²) in [5, 5.41) is 3.28. The van der Waals surface area contributed by atoms with Crippen molar-refractivity contribution in [2.45, 2.75) is 58.0 Å². The first-order chi connectivity index (χ1) is 8.57. The average Bonchev–Trinajstić information content (AvgIpc) is 2.89. The molecule has 1 saturated carbocycles. The molecule has 1 atom stereocenters. The maximum absolute atomic E-state index is 12.0. The number of nitrogens with zero attached hydrogens (tertiary/aromatic N) is 1. The van der Waals surface area contributed by atoms with Gasteiger partial charge in [-0.1, -0.05) is 26.7 Å². The Bertz CT molecular complexity index is 265. The minimum absolute atomic E-state index is 0.166. The largest absolute Gasteiger partial charge is 0.468 e. The number of likely N-dealkylation sites (N-methyl/N-ethyl adjacent to an activating group) is 2. The highest BCUT2D eigenvalue weighted by Gasteiger charge is 2.37. The predicted molar refractivity (Wildman–Crippen MR) is 73.6 cm³/mol. The predicted octanol–water partition coefficient (Wildman–Crippen LogP) is 1.79. The quantitative estimate of drug-likeness (QED) is 0.705. The van der Waals surface area contributed by atoms with E-state index in [1.54, 1.807) is 0 Å². The summed E-state index contributed by atoms with van der Waals surface area (Å²) >= 11 is 0. The fourth-order valence-corrected chi connectivity index (χ4v) is 2.98. The van der Waals surface area contributed by atoms with Gasteiger partial charge in [0.25, 0.3) is 0 Å². The van der Waals surface area contributed by atoms with E-state index >= 15 is 0 Å². The number of carbonyl (C=O) groups excluding carboxylic acids is 1. The third-order valence-electron chi connectivity index (χ3n) is 3.97. The van der Waals surface area contributed by atoms with E-state index < -0.39 is 5.54 Å². The number of methoxy groups -OCH3 is 1. The van der Waals surface area contributed by atoms with E-state index in [2.05, 4.69) is 17.1 Å². The zero-order valence-corrected chi connectivity index (χ0v) is 12.3. The molecule has 0 aromatic rings. The summed E-state index contributed by atoms with van der Waals surface area (Å²) in [4.78, 5) is 14.4. The van der Waals surface area contributed by atoms with E-state index in [-0.39, 0.29) is 5.97 Å². The van der Waals surface area contributed by atoms with Crippen molar-refractivity contribution in [2.75, 3.05) is 26.7 Å². The Labute approximate surface area is 111 Å². The molecule has 1 aliphatic rings. The summed E-state index contributed by atoms with van der Waals surface area (Å²) in [6.45, 7) is 8.63. The lowest BCUT2D eigenvalue weighted by Crippen LogP contribution is -2.58. The van der Waals surface area contributed by atoms with Crippen LogP contribution in [0.5, 0.6) is 0 Å². The van der Waals surface area contributed by atoms with E-state index in [4.69, 9.17) is 4.74 Å². The molecular formula is C14H28N2O2. The number of esters is 1. The molecule has 0 radical (unpaired) electrons. The summed E-state index contributed by atoms with van der Waals surface area (Å²) in [5.41, 5.74) is -0.595. The van der Waals surface area contributed by atoms with Crippen LogP contribution in [0, 0.1) is 0 Å². The monoisotopic (exact) mass is 256 g/mol. The van der Waals surface area contributed by atoms with Gasteiger partial charge in [0.15, 0.2) is 0 Å². The van der Waals surface area contributed by atoms with Gasteiger partial charge in [-0.25, -0.2) is 0 Å². The molecule has 18 heavy (non-hydrogen) atoms. The topological polar surface area (TPSA) is 41.6 Å². The molecule has 0 saturated heterocycles. The van der Waals surface area contributed by atoms with Crippen LogP contribution >= 0.6 is 0 Å². The van der Waals surface area contributed by atoms with Crippen molar-refractivity contribution in [3.8, 4) is 0 Å². The van der Waals surface area contributed by atoms with Crippen LogP contribution in [0.2, 0.25) is 0 Å². The van der Waals surface area contributed by atoms with Crippen LogP contribution < -0.4 is 5.32 Å². The number of hydrogen-bond donors (Lipinski definition) is 1. The highest BCUT2D eigenvalue weighted by molar-refractivity contribution is 5.80. The molecular weight excluding hydrogens is 228 g/mol. The first kappa shape index (κ1) is 15.4. The first-order valence-electron chi connectivity index (χ1n) is 7.14. The maximum atomic E-state index is 12.0. The molecule has 0 bridgehead atoms. The second-order valence-corrected chi connectivity index (χ2v) is 5.36. The molecule has 1 aliphatic carbocycles. The fourth-order valence-electron chi connectivity index (χ4n) is 2.98. The summed E-state index contributed by atoms with van der Waals surface area (Å²) in [6, 6.07) is 0.637. The standard InChI is InChI=1S/C14H28N2O2/c1-5-15-14(3,13(17)18-4)11-16(6-2)12-9-7-8-10-12/h12,15H,5-11H2,1-4H3. The van der Waals surface area contributed by atoms with Gasteiger partial charge in [0, 0.05) is 12.6 Å². The highest BCUT2D eigenvalue weighted by atomic mass is 16.5. The minimum Gasteiger partial charge on any atom is -0.468 e. The maximum Gasteiger partial charge on any atom is 0.327 e. The molecule has 0 heterocycles. The molecule has 4 heteroatoms. The Morgan fingerprint density at radius 1 is 1.39 bits per heavy atom. The van der Waals surface area contributed by atoms with Crippen LogP contribution in [0.1, 0.15) is 46.5 Å². The van der Waals surface area contributed by atoms with Gasteiger partial charge in [0.1, 0.15) is 5.54 Å². The molecule has 1 N–H and O–H groups in total. The van der Waals surface area contributed by atoms with Crippen molar-refractivity contribution in [3.63, 3.8) is 0 Å². The van der Waals surface area contributed by atoms with Gasteiger partial charge in [-0.15, -0.1) is 0 Å². The second kappa shape index (κ2) is 7.10. The Hall–Kier alpha value is -0.610. The molecule has 0 spiro atoms.